The fourth-order valence-electron chi connectivity index (χ4n) is 2.55. The Labute approximate surface area is 184 Å². The van der Waals surface area contributed by atoms with Crippen LogP contribution in [0.2, 0.25) is 0 Å². The Bertz CT molecular complexity index is 918. The maximum atomic E-state index is 12.5. The third-order valence-electron chi connectivity index (χ3n) is 3.91. The van der Waals surface area contributed by atoms with Crippen LogP contribution in [-0.4, -0.2) is 26.2 Å². The van der Waals surface area contributed by atoms with E-state index in [-0.39, 0.29) is 5.57 Å². The highest BCUT2D eigenvalue weighted by atomic mass is 127. The molecular formula is C22H23IN2O4. The Morgan fingerprint density at radius 2 is 1.86 bits per heavy atom. The number of methoxy groups -OCH3 is 1. The lowest BCUT2D eigenvalue weighted by Gasteiger charge is -2.13. The summed E-state index contributed by atoms with van der Waals surface area (Å²) in [5, 5.41) is 12.2. The summed E-state index contributed by atoms with van der Waals surface area (Å²) in [6.07, 6.45) is 1.55. The lowest BCUT2D eigenvalue weighted by atomic mass is 10.1. The van der Waals surface area contributed by atoms with Crippen LogP contribution in [0.25, 0.3) is 6.08 Å². The molecule has 2 aromatic carbocycles. The zero-order chi connectivity index (χ0) is 21.2. The number of carbonyl (C=O) groups is 1. The molecule has 0 unspecified atom stereocenters. The van der Waals surface area contributed by atoms with Gasteiger partial charge in [-0.1, -0.05) is 12.1 Å². The minimum absolute atomic E-state index is 0.0147. The molecule has 0 spiro atoms. The molecule has 7 heteroatoms. The summed E-state index contributed by atoms with van der Waals surface area (Å²) < 4.78 is 17.3. The van der Waals surface area contributed by atoms with E-state index in [0.29, 0.717) is 36.8 Å². The van der Waals surface area contributed by atoms with Crippen molar-refractivity contribution in [3.05, 3.63) is 56.7 Å². The third kappa shape index (κ3) is 6.39. The standard InChI is InChI=1S/C22H23IN2O4/c1-4-28-20-12-16(11-19(23)21(20)29-5-2)10-17(13-24)22(26)25-14-15-6-8-18(27-3)9-7-15/h6-12H,4-5,14H2,1-3H3,(H,25,26)/b17-10-. The molecule has 0 aliphatic rings. The lowest BCUT2D eigenvalue weighted by molar-refractivity contribution is -0.117. The second-order valence-corrected chi connectivity index (χ2v) is 7.06. The molecular weight excluding hydrogens is 483 g/mol. The first-order chi connectivity index (χ1) is 14.0. The molecule has 0 aliphatic heterocycles. The van der Waals surface area contributed by atoms with Crippen molar-refractivity contribution < 1.29 is 19.0 Å². The number of hydrogen-bond acceptors (Lipinski definition) is 5. The van der Waals surface area contributed by atoms with Gasteiger partial charge in [0.2, 0.25) is 0 Å². The van der Waals surface area contributed by atoms with Crippen molar-refractivity contribution in [1.82, 2.24) is 5.32 Å². The van der Waals surface area contributed by atoms with Crippen molar-refractivity contribution in [3.63, 3.8) is 0 Å². The Balaban J connectivity index is 2.18. The van der Waals surface area contributed by atoms with Crippen LogP contribution in [0.5, 0.6) is 17.2 Å². The number of ether oxygens (including phenoxy) is 3. The third-order valence-corrected chi connectivity index (χ3v) is 4.71. The van der Waals surface area contributed by atoms with Gasteiger partial charge in [0.05, 0.1) is 23.9 Å². The molecule has 152 valence electrons. The van der Waals surface area contributed by atoms with Crippen molar-refractivity contribution in [2.45, 2.75) is 20.4 Å². The summed E-state index contributed by atoms with van der Waals surface area (Å²) in [6, 6.07) is 12.9. The maximum absolute atomic E-state index is 12.5. The Morgan fingerprint density at radius 3 is 2.45 bits per heavy atom. The molecule has 2 aromatic rings. The maximum Gasteiger partial charge on any atom is 0.262 e. The van der Waals surface area contributed by atoms with Crippen molar-refractivity contribution in [2.24, 2.45) is 0 Å². The summed E-state index contributed by atoms with van der Waals surface area (Å²) in [4.78, 5) is 12.5. The van der Waals surface area contributed by atoms with E-state index in [4.69, 9.17) is 14.2 Å². The molecule has 6 nitrogen and oxygen atoms in total. The van der Waals surface area contributed by atoms with Crippen LogP contribution < -0.4 is 19.5 Å². The second-order valence-electron chi connectivity index (χ2n) is 5.90. The molecule has 0 aliphatic carbocycles. The lowest BCUT2D eigenvalue weighted by Crippen LogP contribution is -2.23. The van der Waals surface area contributed by atoms with E-state index in [1.54, 1.807) is 19.3 Å². The number of amides is 1. The number of hydrogen-bond donors (Lipinski definition) is 1. The van der Waals surface area contributed by atoms with E-state index in [1.807, 2.05) is 50.2 Å². The molecule has 0 fully saturated rings. The summed E-state index contributed by atoms with van der Waals surface area (Å²) in [5.74, 6) is 1.55. The molecule has 1 N–H and O–H groups in total. The van der Waals surface area contributed by atoms with Crippen LogP contribution >= 0.6 is 22.6 Å². The topological polar surface area (TPSA) is 80.6 Å². The van der Waals surface area contributed by atoms with Gasteiger partial charge >= 0.3 is 0 Å². The molecule has 0 saturated heterocycles. The van der Waals surface area contributed by atoms with E-state index in [2.05, 4.69) is 27.9 Å². The second kappa shape index (κ2) is 11.3. The van der Waals surface area contributed by atoms with Gasteiger partial charge in [-0.25, -0.2) is 0 Å². The average Bonchev–Trinajstić information content (AvgIpc) is 2.73. The Morgan fingerprint density at radius 1 is 1.17 bits per heavy atom. The van der Waals surface area contributed by atoms with Crippen LogP contribution in [0, 0.1) is 14.9 Å². The van der Waals surface area contributed by atoms with Crippen LogP contribution in [0.1, 0.15) is 25.0 Å². The highest BCUT2D eigenvalue weighted by Gasteiger charge is 2.14. The largest absolute Gasteiger partial charge is 0.497 e. The van der Waals surface area contributed by atoms with Gasteiger partial charge in [0.1, 0.15) is 17.4 Å². The molecule has 0 radical (unpaired) electrons. The first-order valence-corrected chi connectivity index (χ1v) is 10.2. The minimum atomic E-state index is -0.440. The zero-order valence-corrected chi connectivity index (χ0v) is 18.8. The molecule has 1 amide bonds. The van der Waals surface area contributed by atoms with E-state index >= 15 is 0 Å². The number of carbonyl (C=O) groups excluding carboxylic acids is 1. The van der Waals surface area contributed by atoms with E-state index in [9.17, 15) is 10.1 Å². The summed E-state index contributed by atoms with van der Waals surface area (Å²) in [5.41, 5.74) is 1.61. The van der Waals surface area contributed by atoms with Crippen LogP contribution in [0.15, 0.2) is 42.0 Å². The number of nitriles is 1. The quantitative estimate of drug-likeness (QED) is 0.311. The van der Waals surface area contributed by atoms with Crippen LogP contribution in [-0.2, 0) is 11.3 Å². The normalized spacial score (nSPS) is 10.8. The van der Waals surface area contributed by atoms with Gasteiger partial charge in [-0.3, -0.25) is 4.79 Å². The molecule has 0 bridgehead atoms. The molecule has 2 rings (SSSR count). The van der Waals surface area contributed by atoms with Crippen molar-refractivity contribution >= 4 is 34.6 Å². The van der Waals surface area contributed by atoms with E-state index in [0.717, 1.165) is 14.9 Å². The van der Waals surface area contributed by atoms with Crippen LogP contribution in [0.3, 0.4) is 0 Å². The van der Waals surface area contributed by atoms with Crippen molar-refractivity contribution in [3.8, 4) is 23.3 Å². The average molecular weight is 506 g/mol. The summed E-state index contributed by atoms with van der Waals surface area (Å²) in [7, 11) is 1.60. The van der Waals surface area contributed by atoms with Gasteiger partial charge in [-0.2, -0.15) is 5.26 Å². The van der Waals surface area contributed by atoms with E-state index in [1.165, 1.54) is 0 Å². The highest BCUT2D eigenvalue weighted by Crippen LogP contribution is 2.35. The van der Waals surface area contributed by atoms with E-state index < -0.39 is 5.91 Å². The first-order valence-electron chi connectivity index (χ1n) is 9.14. The fourth-order valence-corrected chi connectivity index (χ4v) is 3.34. The number of nitrogens with zero attached hydrogens (tertiary/aromatic N) is 1. The van der Waals surface area contributed by atoms with Crippen molar-refractivity contribution in [2.75, 3.05) is 20.3 Å². The van der Waals surface area contributed by atoms with Gasteiger partial charge < -0.3 is 19.5 Å². The highest BCUT2D eigenvalue weighted by molar-refractivity contribution is 14.1. The predicted molar refractivity (Wildman–Crippen MR) is 120 cm³/mol. The Kier molecular flexibility index (Phi) is 8.80. The van der Waals surface area contributed by atoms with Gasteiger partial charge in [0.25, 0.3) is 5.91 Å². The SMILES string of the molecule is CCOc1cc(/C=C(/C#N)C(=O)NCc2ccc(OC)cc2)cc(I)c1OCC. The predicted octanol–water partition coefficient (Wildman–Crippen LogP) is 4.32. The number of halogens is 1. The first kappa shape index (κ1) is 22.6. The molecule has 0 saturated carbocycles. The fraction of sp³-hybridized carbons (Fsp3) is 0.273. The number of nitrogens with one attached hydrogen (secondary N) is 1. The Hall–Kier alpha value is -2.73. The minimum Gasteiger partial charge on any atom is -0.497 e. The summed E-state index contributed by atoms with van der Waals surface area (Å²) in [6.45, 7) is 5.10. The van der Waals surface area contributed by atoms with Gasteiger partial charge in [-0.05, 0) is 77.9 Å². The number of rotatable bonds is 9. The van der Waals surface area contributed by atoms with Gasteiger partial charge in [-0.15, -0.1) is 0 Å². The molecule has 0 heterocycles. The van der Waals surface area contributed by atoms with Gasteiger partial charge in [0, 0.05) is 6.54 Å². The summed E-state index contributed by atoms with van der Waals surface area (Å²) >= 11 is 2.15. The monoisotopic (exact) mass is 506 g/mol. The van der Waals surface area contributed by atoms with Crippen molar-refractivity contribution in [1.29, 1.82) is 5.26 Å². The number of benzene rings is 2. The zero-order valence-electron chi connectivity index (χ0n) is 16.6. The molecule has 0 aromatic heterocycles. The van der Waals surface area contributed by atoms with Crippen LogP contribution in [0.4, 0.5) is 0 Å². The smallest absolute Gasteiger partial charge is 0.262 e. The van der Waals surface area contributed by atoms with Gasteiger partial charge in [0.15, 0.2) is 11.5 Å². The molecule has 0 atom stereocenters. The molecule has 29 heavy (non-hydrogen) atoms.